The van der Waals surface area contributed by atoms with Crippen molar-refractivity contribution in [2.75, 3.05) is 18.5 Å². The van der Waals surface area contributed by atoms with Gasteiger partial charge in [-0.3, -0.25) is 0 Å². The number of hydrogen-bond donors (Lipinski definition) is 1. The molecule has 2 rings (SSSR count). The molecule has 0 bridgehead atoms. The second kappa shape index (κ2) is 8.25. The number of rotatable bonds is 7. The molecule has 1 aromatic heterocycles. The Kier molecular flexibility index (Phi) is 6.34. The predicted octanol–water partition coefficient (Wildman–Crippen LogP) is 4.91. The van der Waals surface area contributed by atoms with Crippen LogP contribution < -0.4 is 14.8 Å². The van der Waals surface area contributed by atoms with Gasteiger partial charge in [-0.1, -0.05) is 17.7 Å². The highest BCUT2D eigenvalue weighted by Gasteiger charge is 2.10. The van der Waals surface area contributed by atoms with Crippen LogP contribution in [0.2, 0.25) is 5.15 Å². The van der Waals surface area contributed by atoms with Gasteiger partial charge in [-0.25, -0.2) is 4.98 Å². The average Bonchev–Trinajstić information content (AvgIpc) is 2.50. The van der Waals surface area contributed by atoms with Crippen LogP contribution in [-0.4, -0.2) is 18.2 Å². The fourth-order valence-corrected chi connectivity index (χ4v) is 2.49. The van der Waals surface area contributed by atoms with E-state index in [-0.39, 0.29) is 0 Å². The van der Waals surface area contributed by atoms with E-state index in [9.17, 15) is 0 Å². The van der Waals surface area contributed by atoms with E-state index in [4.69, 9.17) is 21.1 Å². The molecule has 118 valence electrons. The van der Waals surface area contributed by atoms with Crippen molar-refractivity contribution in [3.8, 4) is 11.5 Å². The number of nitrogens with zero attached hydrogens (tertiary/aromatic N) is 1. The van der Waals surface area contributed by atoms with Crippen LogP contribution in [0.4, 0.5) is 5.69 Å². The molecule has 0 saturated heterocycles. The van der Waals surface area contributed by atoms with Crippen LogP contribution in [0.15, 0.2) is 34.9 Å². The Bertz CT molecular complexity index is 620. The lowest BCUT2D eigenvalue weighted by molar-refractivity contribution is 0.288. The molecule has 4 nitrogen and oxygen atoms in total. The minimum atomic E-state index is 0.490. The van der Waals surface area contributed by atoms with Crippen molar-refractivity contribution in [1.82, 2.24) is 4.98 Å². The molecule has 22 heavy (non-hydrogen) atoms. The number of halogens is 2. The summed E-state index contributed by atoms with van der Waals surface area (Å²) in [6, 6.07) is 7.56. The normalized spacial score (nSPS) is 10.4. The quantitative estimate of drug-likeness (QED) is 0.688. The molecular formula is C16H18BrClN2O2. The van der Waals surface area contributed by atoms with Crippen molar-refractivity contribution in [1.29, 1.82) is 0 Å². The first-order valence-corrected chi connectivity index (χ1v) is 8.24. The van der Waals surface area contributed by atoms with Crippen LogP contribution in [-0.2, 0) is 6.54 Å². The van der Waals surface area contributed by atoms with Crippen molar-refractivity contribution < 1.29 is 9.47 Å². The minimum Gasteiger partial charge on any atom is -0.490 e. The lowest BCUT2D eigenvalue weighted by Crippen LogP contribution is -2.03. The van der Waals surface area contributed by atoms with Gasteiger partial charge in [0.05, 0.1) is 18.9 Å². The zero-order chi connectivity index (χ0) is 15.9. The molecule has 0 aliphatic rings. The molecule has 1 aromatic carbocycles. The molecule has 0 atom stereocenters. The topological polar surface area (TPSA) is 43.4 Å². The van der Waals surface area contributed by atoms with Crippen LogP contribution in [0.1, 0.15) is 19.4 Å². The number of hydrogen-bond acceptors (Lipinski definition) is 4. The van der Waals surface area contributed by atoms with Gasteiger partial charge in [0.1, 0.15) is 5.15 Å². The van der Waals surface area contributed by atoms with Gasteiger partial charge in [0.15, 0.2) is 11.5 Å². The molecule has 0 spiro atoms. The number of ether oxygens (including phenoxy) is 2. The van der Waals surface area contributed by atoms with Gasteiger partial charge in [-0.05, 0) is 41.4 Å². The summed E-state index contributed by atoms with van der Waals surface area (Å²) >= 11 is 9.34. The van der Waals surface area contributed by atoms with E-state index in [1.165, 1.54) is 0 Å². The van der Waals surface area contributed by atoms with E-state index in [1.807, 2.05) is 32.0 Å². The van der Waals surface area contributed by atoms with Gasteiger partial charge < -0.3 is 14.8 Å². The highest BCUT2D eigenvalue weighted by molar-refractivity contribution is 9.10. The maximum Gasteiger partial charge on any atom is 0.163 e. The van der Waals surface area contributed by atoms with E-state index in [0.29, 0.717) is 24.9 Å². The summed E-state index contributed by atoms with van der Waals surface area (Å²) in [5.41, 5.74) is 1.98. The van der Waals surface area contributed by atoms with Crippen LogP contribution in [0, 0.1) is 0 Å². The summed E-state index contributed by atoms with van der Waals surface area (Å²) in [5.74, 6) is 1.46. The summed E-state index contributed by atoms with van der Waals surface area (Å²) in [6.45, 7) is 5.72. The highest BCUT2D eigenvalue weighted by atomic mass is 79.9. The van der Waals surface area contributed by atoms with Crippen molar-refractivity contribution in [3.63, 3.8) is 0 Å². The molecule has 1 heterocycles. The summed E-state index contributed by atoms with van der Waals surface area (Å²) < 4.78 is 12.1. The van der Waals surface area contributed by atoms with Gasteiger partial charge in [0.25, 0.3) is 0 Å². The molecule has 6 heteroatoms. The Morgan fingerprint density at radius 2 is 1.82 bits per heavy atom. The van der Waals surface area contributed by atoms with E-state index in [2.05, 4.69) is 26.2 Å². The fourth-order valence-electron chi connectivity index (χ4n) is 1.92. The van der Waals surface area contributed by atoms with E-state index in [0.717, 1.165) is 27.2 Å². The Morgan fingerprint density at radius 1 is 1.14 bits per heavy atom. The van der Waals surface area contributed by atoms with Crippen molar-refractivity contribution in [3.05, 3.63) is 45.7 Å². The molecule has 0 amide bonds. The number of nitrogens with one attached hydrogen (secondary N) is 1. The molecule has 0 unspecified atom stereocenters. The zero-order valence-electron chi connectivity index (χ0n) is 12.5. The molecule has 0 radical (unpaired) electrons. The smallest absolute Gasteiger partial charge is 0.163 e. The zero-order valence-corrected chi connectivity index (χ0v) is 14.9. The monoisotopic (exact) mass is 384 g/mol. The number of aromatic nitrogens is 1. The van der Waals surface area contributed by atoms with Gasteiger partial charge in [0, 0.05) is 29.3 Å². The molecule has 0 saturated carbocycles. The molecule has 0 fully saturated rings. The maximum absolute atomic E-state index is 5.79. The molecular weight excluding hydrogens is 368 g/mol. The van der Waals surface area contributed by atoms with Crippen molar-refractivity contribution >= 4 is 33.2 Å². The number of pyridine rings is 1. The Hall–Kier alpha value is -1.46. The molecule has 2 aromatic rings. The van der Waals surface area contributed by atoms with Crippen molar-refractivity contribution in [2.24, 2.45) is 0 Å². The minimum absolute atomic E-state index is 0.490. The summed E-state index contributed by atoms with van der Waals surface area (Å²) in [6.07, 6.45) is 1.75. The van der Waals surface area contributed by atoms with Gasteiger partial charge in [-0.15, -0.1) is 0 Å². The fraction of sp³-hybridized carbons (Fsp3) is 0.312. The summed E-state index contributed by atoms with van der Waals surface area (Å²) in [4.78, 5) is 4.07. The molecule has 0 aliphatic heterocycles. The first-order chi connectivity index (χ1) is 10.6. The first kappa shape index (κ1) is 16.9. The molecule has 0 aliphatic carbocycles. The van der Waals surface area contributed by atoms with Gasteiger partial charge >= 0.3 is 0 Å². The summed E-state index contributed by atoms with van der Waals surface area (Å²) in [5, 5.41) is 3.84. The molecule has 1 N–H and O–H groups in total. The van der Waals surface area contributed by atoms with E-state index < -0.39 is 0 Å². The third-order valence-electron chi connectivity index (χ3n) is 2.90. The third-order valence-corrected chi connectivity index (χ3v) is 3.78. The lowest BCUT2D eigenvalue weighted by Gasteiger charge is -2.15. The van der Waals surface area contributed by atoms with Gasteiger partial charge in [-0.2, -0.15) is 0 Å². The second-order valence-electron chi connectivity index (χ2n) is 4.49. The second-order valence-corrected chi connectivity index (χ2v) is 5.73. The first-order valence-electron chi connectivity index (χ1n) is 7.07. The number of anilines is 1. The van der Waals surface area contributed by atoms with E-state index in [1.54, 1.807) is 12.3 Å². The largest absolute Gasteiger partial charge is 0.490 e. The maximum atomic E-state index is 5.79. The highest BCUT2D eigenvalue weighted by Crippen LogP contribution is 2.37. The standard InChI is InChI=1S/C16H18BrClN2O2/c1-3-21-14-7-12(17)13(8-15(14)22-4-2)19-9-11-5-6-16(18)20-10-11/h5-8,10,19H,3-4,9H2,1-2H3. The van der Waals surface area contributed by atoms with E-state index >= 15 is 0 Å². The van der Waals surface area contributed by atoms with Gasteiger partial charge in [0.2, 0.25) is 0 Å². The SMILES string of the molecule is CCOc1cc(Br)c(NCc2ccc(Cl)nc2)cc1OCC. The van der Waals surface area contributed by atoms with Crippen molar-refractivity contribution in [2.45, 2.75) is 20.4 Å². The Morgan fingerprint density at radius 3 is 2.41 bits per heavy atom. The van der Waals surface area contributed by atoms with Crippen LogP contribution in [0.25, 0.3) is 0 Å². The average molecular weight is 386 g/mol. The number of benzene rings is 1. The lowest BCUT2D eigenvalue weighted by atomic mass is 10.2. The Balaban J connectivity index is 2.15. The predicted molar refractivity (Wildman–Crippen MR) is 93.1 cm³/mol. The van der Waals surface area contributed by atoms with Crippen LogP contribution in [0.5, 0.6) is 11.5 Å². The van der Waals surface area contributed by atoms with Crippen LogP contribution in [0.3, 0.4) is 0 Å². The van der Waals surface area contributed by atoms with Crippen LogP contribution >= 0.6 is 27.5 Å². The summed E-state index contributed by atoms with van der Waals surface area (Å²) in [7, 11) is 0. The Labute approximate surface area is 143 Å². The third kappa shape index (κ3) is 4.52.